The van der Waals surface area contributed by atoms with Crippen LogP contribution in [0, 0.1) is 13.8 Å². The SMILES string of the molecule is Cc1cccnc1[C@H](C)NC(=O)CCc1scnc1C. The predicted octanol–water partition coefficient (Wildman–Crippen LogP) is 2.96. The van der Waals surface area contributed by atoms with E-state index in [1.165, 1.54) is 4.88 Å². The lowest BCUT2D eigenvalue weighted by atomic mass is 10.1. The quantitative estimate of drug-likeness (QED) is 0.920. The third kappa shape index (κ3) is 3.63. The molecular weight excluding hydrogens is 270 g/mol. The van der Waals surface area contributed by atoms with Crippen molar-refractivity contribution in [2.75, 3.05) is 0 Å². The number of thiazole rings is 1. The summed E-state index contributed by atoms with van der Waals surface area (Å²) in [5.74, 6) is 0.0513. The number of rotatable bonds is 5. The lowest BCUT2D eigenvalue weighted by Gasteiger charge is -2.15. The highest BCUT2D eigenvalue weighted by Crippen LogP contribution is 2.16. The molecule has 0 saturated carbocycles. The fourth-order valence-electron chi connectivity index (χ4n) is 2.13. The zero-order chi connectivity index (χ0) is 14.5. The Bertz CT molecular complexity index is 594. The molecule has 0 aromatic carbocycles. The molecule has 4 nitrogen and oxygen atoms in total. The molecule has 0 radical (unpaired) electrons. The van der Waals surface area contributed by atoms with Crippen LogP contribution in [0.2, 0.25) is 0 Å². The van der Waals surface area contributed by atoms with E-state index in [4.69, 9.17) is 0 Å². The fraction of sp³-hybridized carbons (Fsp3) is 0.400. The molecule has 20 heavy (non-hydrogen) atoms. The van der Waals surface area contributed by atoms with E-state index in [1.807, 2.05) is 38.4 Å². The molecule has 0 spiro atoms. The number of nitrogens with one attached hydrogen (secondary N) is 1. The number of carbonyl (C=O) groups excluding carboxylic acids is 1. The molecule has 1 atom stereocenters. The molecule has 2 rings (SSSR count). The van der Waals surface area contributed by atoms with Gasteiger partial charge in [0.15, 0.2) is 0 Å². The van der Waals surface area contributed by atoms with Crippen molar-refractivity contribution < 1.29 is 4.79 Å². The van der Waals surface area contributed by atoms with E-state index in [0.717, 1.165) is 23.4 Å². The first-order chi connectivity index (χ1) is 9.58. The number of aryl methyl sites for hydroxylation is 3. The molecule has 1 N–H and O–H groups in total. The second-order valence-corrected chi connectivity index (χ2v) is 5.80. The van der Waals surface area contributed by atoms with E-state index in [0.29, 0.717) is 6.42 Å². The summed E-state index contributed by atoms with van der Waals surface area (Å²) in [6.07, 6.45) is 2.99. The van der Waals surface area contributed by atoms with E-state index in [-0.39, 0.29) is 11.9 Å². The van der Waals surface area contributed by atoms with Crippen LogP contribution in [0.15, 0.2) is 23.8 Å². The van der Waals surface area contributed by atoms with Gasteiger partial charge >= 0.3 is 0 Å². The van der Waals surface area contributed by atoms with Gasteiger partial charge in [0.25, 0.3) is 0 Å². The minimum atomic E-state index is -0.0637. The molecule has 2 aromatic heterocycles. The fourth-order valence-corrected chi connectivity index (χ4v) is 2.91. The second-order valence-electron chi connectivity index (χ2n) is 4.86. The van der Waals surface area contributed by atoms with E-state index < -0.39 is 0 Å². The van der Waals surface area contributed by atoms with Crippen molar-refractivity contribution in [3.05, 3.63) is 45.7 Å². The number of nitrogens with zero attached hydrogens (tertiary/aromatic N) is 2. The Labute approximate surface area is 123 Å². The maximum Gasteiger partial charge on any atom is 0.220 e. The van der Waals surface area contributed by atoms with E-state index in [9.17, 15) is 4.79 Å². The normalized spacial score (nSPS) is 12.2. The number of amides is 1. The maximum absolute atomic E-state index is 12.0. The van der Waals surface area contributed by atoms with Crippen LogP contribution >= 0.6 is 11.3 Å². The first-order valence-corrected chi connectivity index (χ1v) is 7.55. The summed E-state index contributed by atoms with van der Waals surface area (Å²) in [6, 6.07) is 3.84. The maximum atomic E-state index is 12.0. The Kier molecular flexibility index (Phi) is 4.84. The van der Waals surface area contributed by atoms with Crippen LogP contribution in [0.3, 0.4) is 0 Å². The summed E-state index contributed by atoms with van der Waals surface area (Å²) in [5, 5.41) is 3.00. The van der Waals surface area contributed by atoms with Gasteiger partial charge in [0.1, 0.15) is 0 Å². The largest absolute Gasteiger partial charge is 0.348 e. The number of carbonyl (C=O) groups is 1. The minimum absolute atomic E-state index is 0.0513. The van der Waals surface area contributed by atoms with Crippen LogP contribution in [-0.4, -0.2) is 15.9 Å². The van der Waals surface area contributed by atoms with Crippen LogP contribution in [0.25, 0.3) is 0 Å². The van der Waals surface area contributed by atoms with Crippen LogP contribution in [0.1, 0.15) is 41.2 Å². The smallest absolute Gasteiger partial charge is 0.220 e. The number of hydrogen-bond donors (Lipinski definition) is 1. The summed E-state index contributed by atoms with van der Waals surface area (Å²) in [5.41, 5.74) is 4.87. The Balaban J connectivity index is 1.88. The molecule has 5 heteroatoms. The molecule has 106 valence electrons. The average Bonchev–Trinajstić information content (AvgIpc) is 2.82. The highest BCUT2D eigenvalue weighted by Gasteiger charge is 2.13. The van der Waals surface area contributed by atoms with E-state index in [2.05, 4.69) is 15.3 Å². The lowest BCUT2D eigenvalue weighted by Crippen LogP contribution is -2.27. The van der Waals surface area contributed by atoms with Crippen LogP contribution in [0.4, 0.5) is 0 Å². The number of hydrogen-bond acceptors (Lipinski definition) is 4. The van der Waals surface area contributed by atoms with Crippen molar-refractivity contribution in [3.8, 4) is 0 Å². The van der Waals surface area contributed by atoms with Gasteiger partial charge in [-0.25, -0.2) is 4.98 Å². The highest BCUT2D eigenvalue weighted by molar-refractivity contribution is 7.09. The van der Waals surface area contributed by atoms with Gasteiger partial charge in [0.05, 0.1) is 22.9 Å². The van der Waals surface area contributed by atoms with Crippen molar-refractivity contribution >= 4 is 17.2 Å². The lowest BCUT2D eigenvalue weighted by molar-refractivity contribution is -0.121. The van der Waals surface area contributed by atoms with Gasteiger partial charge in [0.2, 0.25) is 5.91 Å². The molecule has 1 amide bonds. The van der Waals surface area contributed by atoms with Crippen LogP contribution in [0.5, 0.6) is 0 Å². The highest BCUT2D eigenvalue weighted by atomic mass is 32.1. The molecule has 2 heterocycles. The van der Waals surface area contributed by atoms with Gasteiger partial charge in [-0.3, -0.25) is 9.78 Å². The van der Waals surface area contributed by atoms with Crippen molar-refractivity contribution in [2.24, 2.45) is 0 Å². The number of pyridine rings is 1. The zero-order valence-corrected chi connectivity index (χ0v) is 12.8. The Morgan fingerprint density at radius 2 is 2.20 bits per heavy atom. The molecular formula is C15H19N3OS. The summed E-state index contributed by atoms with van der Waals surface area (Å²) < 4.78 is 0. The Hall–Kier alpha value is -1.75. The Morgan fingerprint density at radius 1 is 1.40 bits per heavy atom. The monoisotopic (exact) mass is 289 g/mol. The summed E-state index contributed by atoms with van der Waals surface area (Å²) in [7, 11) is 0. The first-order valence-electron chi connectivity index (χ1n) is 6.67. The number of aromatic nitrogens is 2. The third-order valence-electron chi connectivity index (χ3n) is 3.26. The molecule has 0 unspecified atom stereocenters. The average molecular weight is 289 g/mol. The van der Waals surface area contributed by atoms with Crippen molar-refractivity contribution in [3.63, 3.8) is 0 Å². The molecule has 2 aromatic rings. The topological polar surface area (TPSA) is 54.9 Å². The van der Waals surface area contributed by atoms with Gasteiger partial charge in [-0.2, -0.15) is 0 Å². The van der Waals surface area contributed by atoms with E-state index in [1.54, 1.807) is 17.5 Å². The minimum Gasteiger partial charge on any atom is -0.348 e. The van der Waals surface area contributed by atoms with Crippen molar-refractivity contribution in [1.29, 1.82) is 0 Å². The van der Waals surface area contributed by atoms with Crippen LogP contribution < -0.4 is 5.32 Å². The van der Waals surface area contributed by atoms with E-state index >= 15 is 0 Å². The molecule has 0 saturated heterocycles. The van der Waals surface area contributed by atoms with Gasteiger partial charge < -0.3 is 5.32 Å². The van der Waals surface area contributed by atoms with Gasteiger partial charge in [-0.15, -0.1) is 11.3 Å². The first kappa shape index (κ1) is 14.7. The molecule has 0 bridgehead atoms. The second kappa shape index (κ2) is 6.61. The summed E-state index contributed by atoms with van der Waals surface area (Å²) in [6.45, 7) is 5.94. The van der Waals surface area contributed by atoms with Crippen LogP contribution in [-0.2, 0) is 11.2 Å². The Morgan fingerprint density at radius 3 is 2.85 bits per heavy atom. The van der Waals surface area contributed by atoms with Crippen molar-refractivity contribution in [2.45, 2.75) is 39.7 Å². The summed E-state index contributed by atoms with van der Waals surface area (Å²) in [4.78, 5) is 21.7. The van der Waals surface area contributed by atoms with Crippen molar-refractivity contribution in [1.82, 2.24) is 15.3 Å². The zero-order valence-electron chi connectivity index (χ0n) is 12.0. The van der Waals surface area contributed by atoms with Gasteiger partial charge in [0, 0.05) is 17.5 Å². The van der Waals surface area contributed by atoms with Gasteiger partial charge in [-0.05, 0) is 38.8 Å². The predicted molar refractivity (Wildman–Crippen MR) is 80.7 cm³/mol. The third-order valence-corrected chi connectivity index (χ3v) is 4.26. The molecule has 0 aliphatic rings. The molecule has 0 aliphatic heterocycles. The standard InChI is InChI=1S/C15H19N3OS/c1-10-5-4-8-16-15(10)12(3)18-14(19)7-6-13-11(2)17-9-20-13/h4-5,8-9,12H,6-7H2,1-3H3,(H,18,19)/t12-/m0/s1. The summed E-state index contributed by atoms with van der Waals surface area (Å²) >= 11 is 1.61. The molecule has 0 fully saturated rings. The molecule has 0 aliphatic carbocycles. The van der Waals surface area contributed by atoms with Gasteiger partial charge in [-0.1, -0.05) is 6.07 Å².